The predicted molar refractivity (Wildman–Crippen MR) is 83.5 cm³/mol. The third kappa shape index (κ3) is 4.48. The fraction of sp³-hybridized carbons (Fsp3) is 0.333. The average Bonchev–Trinajstić information content (AvgIpc) is 2.49. The van der Waals surface area contributed by atoms with E-state index in [0.29, 0.717) is 13.0 Å². The highest BCUT2D eigenvalue weighted by molar-refractivity contribution is 5.25. The lowest BCUT2D eigenvalue weighted by Crippen LogP contribution is -2.07. The molecule has 0 saturated heterocycles. The molecule has 1 atom stereocenters. The molecule has 2 aromatic rings. The quantitative estimate of drug-likeness (QED) is 0.810. The first kappa shape index (κ1) is 14.8. The zero-order valence-corrected chi connectivity index (χ0v) is 11.8. The van der Waals surface area contributed by atoms with E-state index in [9.17, 15) is 5.11 Å². The smallest absolute Gasteiger partial charge is 0.0802 e. The summed E-state index contributed by atoms with van der Waals surface area (Å²) >= 11 is 0. The molecule has 0 fully saturated rings. The minimum Gasteiger partial charge on any atom is -0.388 e. The van der Waals surface area contributed by atoms with Gasteiger partial charge < -0.3 is 10.8 Å². The average molecular weight is 269 g/mol. The molecule has 2 aromatic carbocycles. The van der Waals surface area contributed by atoms with E-state index in [0.717, 1.165) is 24.8 Å². The topological polar surface area (TPSA) is 46.2 Å². The second-order valence-electron chi connectivity index (χ2n) is 5.18. The van der Waals surface area contributed by atoms with Crippen molar-refractivity contribution < 1.29 is 5.11 Å². The largest absolute Gasteiger partial charge is 0.388 e. The van der Waals surface area contributed by atoms with Crippen LogP contribution in [0.15, 0.2) is 54.6 Å². The van der Waals surface area contributed by atoms with E-state index in [1.807, 2.05) is 18.2 Å². The van der Waals surface area contributed by atoms with Crippen molar-refractivity contribution in [2.24, 2.45) is 5.73 Å². The van der Waals surface area contributed by atoms with Gasteiger partial charge in [-0.15, -0.1) is 0 Å². The molecule has 1 unspecified atom stereocenters. The highest BCUT2D eigenvalue weighted by Crippen LogP contribution is 2.18. The molecule has 0 heterocycles. The second-order valence-corrected chi connectivity index (χ2v) is 5.18. The van der Waals surface area contributed by atoms with Gasteiger partial charge in [0.2, 0.25) is 0 Å². The number of aliphatic hydroxyl groups excluding tert-OH is 1. The molecule has 0 aliphatic heterocycles. The molecule has 2 rings (SSSR count). The van der Waals surface area contributed by atoms with Gasteiger partial charge in [-0.05, 0) is 48.9 Å². The van der Waals surface area contributed by atoms with E-state index >= 15 is 0 Å². The number of rotatable bonds is 7. The van der Waals surface area contributed by atoms with Gasteiger partial charge in [0.05, 0.1) is 6.10 Å². The molecule has 0 spiro atoms. The Balaban J connectivity index is 1.88. The van der Waals surface area contributed by atoms with E-state index in [2.05, 4.69) is 36.4 Å². The Morgan fingerprint density at radius 2 is 1.60 bits per heavy atom. The molecule has 20 heavy (non-hydrogen) atoms. The number of nitrogens with two attached hydrogens (primary N) is 1. The van der Waals surface area contributed by atoms with Gasteiger partial charge in [0.25, 0.3) is 0 Å². The molecule has 2 heteroatoms. The predicted octanol–water partition coefficient (Wildman–Crippen LogP) is 3.24. The Kier molecular flexibility index (Phi) is 5.78. The summed E-state index contributed by atoms with van der Waals surface area (Å²) in [5.74, 6) is 0. The van der Waals surface area contributed by atoms with Gasteiger partial charge in [-0.25, -0.2) is 0 Å². The van der Waals surface area contributed by atoms with Crippen LogP contribution in [0.25, 0.3) is 0 Å². The summed E-state index contributed by atoms with van der Waals surface area (Å²) in [5, 5.41) is 9.97. The van der Waals surface area contributed by atoms with Crippen molar-refractivity contribution in [2.45, 2.75) is 31.8 Å². The van der Waals surface area contributed by atoms with Crippen molar-refractivity contribution in [2.75, 3.05) is 6.54 Å². The van der Waals surface area contributed by atoms with Gasteiger partial charge in [-0.3, -0.25) is 0 Å². The van der Waals surface area contributed by atoms with Crippen molar-refractivity contribution in [3.05, 3.63) is 71.3 Å². The van der Waals surface area contributed by atoms with Gasteiger partial charge in [-0.1, -0.05) is 54.6 Å². The molecule has 3 N–H and O–H groups in total. The van der Waals surface area contributed by atoms with Crippen molar-refractivity contribution >= 4 is 0 Å². The highest BCUT2D eigenvalue weighted by atomic mass is 16.3. The minimum atomic E-state index is -0.436. The lowest BCUT2D eigenvalue weighted by molar-refractivity contribution is 0.170. The zero-order valence-electron chi connectivity index (χ0n) is 11.8. The number of aryl methyl sites for hydroxylation is 2. The van der Waals surface area contributed by atoms with Crippen LogP contribution in [0.3, 0.4) is 0 Å². The Bertz CT molecular complexity index is 510. The molecule has 0 aliphatic rings. The number of hydrogen-bond donors (Lipinski definition) is 2. The van der Waals surface area contributed by atoms with Gasteiger partial charge in [0, 0.05) is 0 Å². The number of hydrogen-bond acceptors (Lipinski definition) is 2. The first-order valence-corrected chi connectivity index (χ1v) is 7.30. The molecular formula is C18H23NO. The molecule has 0 amide bonds. The SMILES string of the molecule is NCCC(O)c1cccc(CCCc2ccccc2)c1. The van der Waals surface area contributed by atoms with Crippen LogP contribution < -0.4 is 5.73 Å². The molecule has 0 saturated carbocycles. The van der Waals surface area contributed by atoms with Gasteiger partial charge in [0.15, 0.2) is 0 Å². The third-order valence-electron chi connectivity index (χ3n) is 3.55. The maximum atomic E-state index is 9.97. The summed E-state index contributed by atoms with van der Waals surface area (Å²) in [5.41, 5.74) is 9.14. The molecule has 0 radical (unpaired) electrons. The highest BCUT2D eigenvalue weighted by Gasteiger charge is 2.06. The van der Waals surface area contributed by atoms with Crippen LogP contribution in [-0.2, 0) is 12.8 Å². The van der Waals surface area contributed by atoms with Crippen LogP contribution in [0.5, 0.6) is 0 Å². The van der Waals surface area contributed by atoms with Crippen molar-refractivity contribution in [1.82, 2.24) is 0 Å². The standard InChI is InChI=1S/C18H23NO/c19-13-12-18(20)17-11-5-10-16(14-17)9-4-8-15-6-2-1-3-7-15/h1-3,5-7,10-11,14,18,20H,4,8-9,12-13,19H2. The maximum Gasteiger partial charge on any atom is 0.0802 e. The van der Waals surface area contributed by atoms with E-state index in [1.165, 1.54) is 11.1 Å². The third-order valence-corrected chi connectivity index (χ3v) is 3.55. The van der Waals surface area contributed by atoms with Crippen LogP contribution in [0.4, 0.5) is 0 Å². The van der Waals surface area contributed by atoms with E-state index in [-0.39, 0.29) is 0 Å². The summed E-state index contributed by atoms with van der Waals surface area (Å²) < 4.78 is 0. The van der Waals surface area contributed by atoms with Crippen molar-refractivity contribution in [3.8, 4) is 0 Å². The van der Waals surface area contributed by atoms with Gasteiger partial charge in [0.1, 0.15) is 0 Å². The van der Waals surface area contributed by atoms with E-state index < -0.39 is 6.10 Å². The Labute approximate surface area is 121 Å². The van der Waals surface area contributed by atoms with Gasteiger partial charge in [-0.2, -0.15) is 0 Å². The molecular weight excluding hydrogens is 246 g/mol. The van der Waals surface area contributed by atoms with Crippen LogP contribution in [-0.4, -0.2) is 11.7 Å². The summed E-state index contributed by atoms with van der Waals surface area (Å²) in [7, 11) is 0. The fourth-order valence-corrected chi connectivity index (χ4v) is 2.42. The number of benzene rings is 2. The molecule has 0 bridgehead atoms. The minimum absolute atomic E-state index is 0.436. The molecule has 0 aromatic heterocycles. The summed E-state index contributed by atoms with van der Waals surface area (Å²) in [6.45, 7) is 0.513. The van der Waals surface area contributed by atoms with Crippen LogP contribution in [0.1, 0.15) is 35.6 Å². The number of aliphatic hydroxyl groups is 1. The summed E-state index contributed by atoms with van der Waals surface area (Å²) in [6.07, 6.45) is 3.44. The molecule has 106 valence electrons. The molecule has 2 nitrogen and oxygen atoms in total. The fourth-order valence-electron chi connectivity index (χ4n) is 2.42. The normalized spacial score (nSPS) is 12.3. The van der Waals surface area contributed by atoms with E-state index in [1.54, 1.807) is 0 Å². The van der Waals surface area contributed by atoms with Crippen LogP contribution >= 0.6 is 0 Å². The zero-order chi connectivity index (χ0) is 14.2. The summed E-state index contributed by atoms with van der Waals surface area (Å²) in [6, 6.07) is 18.8. The first-order chi connectivity index (χ1) is 9.79. The maximum absolute atomic E-state index is 9.97. The van der Waals surface area contributed by atoms with Crippen LogP contribution in [0, 0.1) is 0 Å². The lowest BCUT2D eigenvalue weighted by Gasteiger charge is -2.11. The van der Waals surface area contributed by atoms with Crippen molar-refractivity contribution in [1.29, 1.82) is 0 Å². The Morgan fingerprint density at radius 1 is 0.900 bits per heavy atom. The Morgan fingerprint density at radius 3 is 2.35 bits per heavy atom. The monoisotopic (exact) mass is 269 g/mol. The lowest BCUT2D eigenvalue weighted by atomic mass is 9.99. The molecule has 0 aliphatic carbocycles. The van der Waals surface area contributed by atoms with E-state index in [4.69, 9.17) is 5.73 Å². The first-order valence-electron chi connectivity index (χ1n) is 7.30. The van der Waals surface area contributed by atoms with Crippen LogP contribution in [0.2, 0.25) is 0 Å². The Hall–Kier alpha value is -1.64. The van der Waals surface area contributed by atoms with Crippen molar-refractivity contribution in [3.63, 3.8) is 0 Å². The summed E-state index contributed by atoms with van der Waals surface area (Å²) in [4.78, 5) is 0. The van der Waals surface area contributed by atoms with Gasteiger partial charge >= 0.3 is 0 Å². The second kappa shape index (κ2) is 7.83.